The third-order valence-corrected chi connectivity index (χ3v) is 5.38. The number of benzene rings is 2. The van der Waals surface area contributed by atoms with E-state index in [-0.39, 0.29) is 11.7 Å². The van der Waals surface area contributed by atoms with Gasteiger partial charge in [0.25, 0.3) is 0 Å². The molecule has 2 fully saturated rings. The van der Waals surface area contributed by atoms with Gasteiger partial charge < -0.3 is 9.64 Å². The van der Waals surface area contributed by atoms with Crippen molar-refractivity contribution in [1.82, 2.24) is 9.80 Å². The van der Waals surface area contributed by atoms with Crippen molar-refractivity contribution >= 4 is 6.09 Å². The van der Waals surface area contributed by atoms with E-state index in [2.05, 4.69) is 65.6 Å². The van der Waals surface area contributed by atoms with Crippen LogP contribution < -0.4 is 0 Å². The van der Waals surface area contributed by atoms with E-state index in [0.29, 0.717) is 12.5 Å². The number of likely N-dealkylation sites (tertiary alicyclic amines) is 1. The van der Waals surface area contributed by atoms with Gasteiger partial charge >= 0.3 is 6.09 Å². The maximum Gasteiger partial charge on any atom is 0.410 e. The number of likely N-dealkylation sites (N-methyl/N-ethyl adjacent to an activating group) is 1. The van der Waals surface area contributed by atoms with Crippen LogP contribution >= 0.6 is 0 Å². The smallest absolute Gasteiger partial charge is 0.410 e. The summed E-state index contributed by atoms with van der Waals surface area (Å²) in [6.07, 6.45) is 0.726. The quantitative estimate of drug-likeness (QED) is 0.858. The van der Waals surface area contributed by atoms with Crippen LogP contribution in [-0.2, 0) is 4.74 Å². The van der Waals surface area contributed by atoms with E-state index in [1.54, 1.807) is 4.90 Å². The van der Waals surface area contributed by atoms with Gasteiger partial charge in [-0.3, -0.25) is 4.90 Å². The van der Waals surface area contributed by atoms with Crippen molar-refractivity contribution in [3.05, 3.63) is 71.8 Å². The van der Waals surface area contributed by atoms with Gasteiger partial charge in [-0.2, -0.15) is 0 Å². The van der Waals surface area contributed by atoms with Crippen molar-refractivity contribution in [2.45, 2.75) is 17.9 Å². The Morgan fingerprint density at radius 1 is 1.00 bits per heavy atom. The van der Waals surface area contributed by atoms with E-state index < -0.39 is 0 Å². The Morgan fingerprint density at radius 3 is 2.12 bits per heavy atom. The second kappa shape index (κ2) is 6.52. The summed E-state index contributed by atoms with van der Waals surface area (Å²) >= 11 is 0. The zero-order valence-corrected chi connectivity index (χ0v) is 14.6. The third-order valence-electron chi connectivity index (χ3n) is 5.38. The Balaban J connectivity index is 1.53. The minimum absolute atomic E-state index is 0.190. The maximum atomic E-state index is 11.8. The number of hydrogen-bond donors (Lipinski definition) is 0. The largest absolute Gasteiger partial charge is 0.439 e. The molecule has 2 aromatic rings. The number of amides is 1. The van der Waals surface area contributed by atoms with Gasteiger partial charge in [0.15, 0.2) is 0 Å². The van der Waals surface area contributed by atoms with E-state index in [4.69, 9.17) is 4.74 Å². The van der Waals surface area contributed by atoms with Gasteiger partial charge in [0, 0.05) is 39.0 Å². The lowest BCUT2D eigenvalue weighted by molar-refractivity contribution is 0.0631. The molecule has 4 rings (SSSR count). The molecular weight excluding hydrogens is 312 g/mol. The summed E-state index contributed by atoms with van der Waals surface area (Å²) in [4.78, 5) is 15.9. The summed E-state index contributed by atoms with van der Waals surface area (Å²) in [5, 5.41) is 0. The maximum absolute atomic E-state index is 11.8. The van der Waals surface area contributed by atoms with Crippen LogP contribution in [0.15, 0.2) is 60.7 Å². The Morgan fingerprint density at radius 2 is 1.60 bits per heavy atom. The van der Waals surface area contributed by atoms with Crippen molar-refractivity contribution in [3.63, 3.8) is 0 Å². The van der Waals surface area contributed by atoms with Gasteiger partial charge in [0.1, 0.15) is 5.60 Å². The van der Waals surface area contributed by atoms with E-state index in [9.17, 15) is 4.79 Å². The summed E-state index contributed by atoms with van der Waals surface area (Å²) in [6.45, 7) is 3.43. The third kappa shape index (κ3) is 3.27. The first kappa shape index (κ1) is 16.2. The van der Waals surface area contributed by atoms with Crippen molar-refractivity contribution in [2.75, 3.05) is 33.2 Å². The molecule has 0 unspecified atom stereocenters. The van der Waals surface area contributed by atoms with Gasteiger partial charge in [-0.25, -0.2) is 4.79 Å². The molecule has 0 bridgehead atoms. The summed E-state index contributed by atoms with van der Waals surface area (Å²) in [5.74, 6) is 0.326. The molecule has 0 aromatic heterocycles. The molecule has 4 heteroatoms. The number of ether oxygens (including phenoxy) is 1. The topological polar surface area (TPSA) is 32.8 Å². The van der Waals surface area contributed by atoms with Gasteiger partial charge in [0.05, 0.1) is 6.54 Å². The molecule has 2 saturated heterocycles. The molecule has 0 N–H and O–H groups in total. The van der Waals surface area contributed by atoms with Gasteiger partial charge in [0.2, 0.25) is 0 Å². The Labute approximate surface area is 149 Å². The fourth-order valence-corrected chi connectivity index (χ4v) is 4.12. The van der Waals surface area contributed by atoms with Crippen molar-refractivity contribution in [3.8, 4) is 0 Å². The van der Waals surface area contributed by atoms with E-state index in [1.807, 2.05) is 7.05 Å². The summed E-state index contributed by atoms with van der Waals surface area (Å²) in [5.41, 5.74) is 2.34. The molecule has 0 radical (unpaired) electrons. The molecule has 1 spiro atoms. The zero-order valence-electron chi connectivity index (χ0n) is 14.6. The van der Waals surface area contributed by atoms with Crippen LogP contribution in [0.2, 0.25) is 0 Å². The molecule has 2 aromatic carbocycles. The van der Waals surface area contributed by atoms with Gasteiger partial charge in [-0.1, -0.05) is 60.7 Å². The van der Waals surface area contributed by atoms with Crippen LogP contribution in [-0.4, -0.2) is 54.7 Å². The zero-order chi connectivity index (χ0) is 17.3. The fourth-order valence-electron chi connectivity index (χ4n) is 4.12. The Kier molecular flexibility index (Phi) is 4.22. The van der Waals surface area contributed by atoms with E-state index >= 15 is 0 Å². The van der Waals surface area contributed by atoms with Crippen molar-refractivity contribution < 1.29 is 9.53 Å². The highest BCUT2D eigenvalue weighted by Crippen LogP contribution is 2.34. The average molecular weight is 336 g/mol. The van der Waals surface area contributed by atoms with Crippen LogP contribution in [0.4, 0.5) is 4.79 Å². The second-order valence-corrected chi connectivity index (χ2v) is 7.27. The van der Waals surface area contributed by atoms with Crippen molar-refractivity contribution in [1.29, 1.82) is 0 Å². The minimum Gasteiger partial charge on any atom is -0.439 e. The number of carbonyl (C=O) groups excluding carboxylic acids is 1. The summed E-state index contributed by atoms with van der Waals surface area (Å²) in [7, 11) is 1.82. The van der Waals surface area contributed by atoms with Crippen LogP contribution in [0.1, 0.15) is 23.5 Å². The predicted octanol–water partition coefficient (Wildman–Crippen LogP) is 3.35. The van der Waals surface area contributed by atoms with Gasteiger partial charge in [-0.15, -0.1) is 0 Å². The first-order valence-electron chi connectivity index (χ1n) is 8.92. The monoisotopic (exact) mass is 336 g/mol. The molecule has 2 aliphatic heterocycles. The fraction of sp³-hybridized carbons (Fsp3) is 0.381. The van der Waals surface area contributed by atoms with Crippen molar-refractivity contribution in [2.24, 2.45) is 0 Å². The van der Waals surface area contributed by atoms with Crippen LogP contribution in [0.25, 0.3) is 0 Å². The highest BCUT2D eigenvalue weighted by Gasteiger charge is 2.48. The average Bonchev–Trinajstić information content (AvgIpc) is 3.16. The highest BCUT2D eigenvalue weighted by molar-refractivity contribution is 5.70. The standard InChI is InChI=1S/C21H24N2O2/c1-22-15-21(25-20(22)24)12-13-23(16-21)14-19(17-8-4-2-5-9-17)18-10-6-3-7-11-18/h2-11,19H,12-16H2,1H3/t21-/m1/s1. The highest BCUT2D eigenvalue weighted by atomic mass is 16.6. The normalized spacial score (nSPS) is 23.6. The van der Waals surface area contributed by atoms with Crippen LogP contribution in [0, 0.1) is 0 Å². The molecule has 0 aliphatic carbocycles. The lowest BCUT2D eigenvalue weighted by atomic mass is 9.91. The lowest BCUT2D eigenvalue weighted by Gasteiger charge is -2.26. The molecule has 130 valence electrons. The van der Waals surface area contributed by atoms with Gasteiger partial charge in [-0.05, 0) is 11.1 Å². The Bertz CT molecular complexity index is 695. The molecule has 1 amide bonds. The number of carbonyl (C=O) groups is 1. The Hall–Kier alpha value is -2.33. The molecule has 1 atom stereocenters. The number of rotatable bonds is 4. The molecule has 25 heavy (non-hydrogen) atoms. The van der Waals surface area contributed by atoms with E-state index in [1.165, 1.54) is 11.1 Å². The molecule has 2 heterocycles. The van der Waals surface area contributed by atoms with Crippen LogP contribution in [0.5, 0.6) is 0 Å². The number of nitrogens with zero attached hydrogens (tertiary/aromatic N) is 2. The second-order valence-electron chi connectivity index (χ2n) is 7.27. The lowest BCUT2D eigenvalue weighted by Crippen LogP contribution is -2.38. The SMILES string of the molecule is CN1C[C@@]2(CCN(CC(c3ccccc3)c3ccccc3)C2)OC1=O. The minimum atomic E-state index is -0.316. The first-order chi connectivity index (χ1) is 12.2. The summed E-state index contributed by atoms with van der Waals surface area (Å²) in [6, 6.07) is 21.3. The molecule has 2 aliphatic rings. The molecule has 4 nitrogen and oxygen atoms in total. The van der Waals surface area contributed by atoms with E-state index in [0.717, 1.165) is 26.1 Å². The predicted molar refractivity (Wildman–Crippen MR) is 97.6 cm³/mol. The number of hydrogen-bond acceptors (Lipinski definition) is 3. The molecule has 0 saturated carbocycles. The molecular formula is C21H24N2O2. The van der Waals surface area contributed by atoms with Crippen LogP contribution in [0.3, 0.4) is 0 Å². The first-order valence-corrected chi connectivity index (χ1v) is 8.92. The summed E-state index contributed by atoms with van der Waals surface area (Å²) < 4.78 is 5.69.